The molecule has 0 saturated heterocycles. The highest BCUT2D eigenvalue weighted by atomic mass is 16.3. The molecule has 0 bridgehead atoms. The molecule has 0 atom stereocenters. The fourth-order valence-electron chi connectivity index (χ4n) is 2.87. The van der Waals surface area contributed by atoms with Crippen molar-refractivity contribution in [3.05, 3.63) is 47.8 Å². The zero-order valence-electron chi connectivity index (χ0n) is 11.5. The molecular formula is C16H16N4O. The van der Waals surface area contributed by atoms with E-state index in [1.165, 1.54) is 0 Å². The van der Waals surface area contributed by atoms with Crippen molar-refractivity contribution in [2.45, 2.75) is 25.3 Å². The van der Waals surface area contributed by atoms with E-state index in [0.717, 1.165) is 40.7 Å². The first kappa shape index (κ1) is 12.3. The molecule has 5 nitrogen and oxygen atoms in total. The minimum Gasteiger partial charge on any atom is -0.507 e. The van der Waals surface area contributed by atoms with E-state index in [1.54, 1.807) is 6.07 Å². The monoisotopic (exact) mass is 280 g/mol. The molecular weight excluding hydrogens is 264 g/mol. The number of aromatic nitrogens is 3. The quantitative estimate of drug-likeness (QED) is 0.772. The van der Waals surface area contributed by atoms with Crippen molar-refractivity contribution in [1.29, 1.82) is 0 Å². The van der Waals surface area contributed by atoms with E-state index in [0.29, 0.717) is 12.5 Å². The number of aromatic hydroxyl groups is 1. The average molecular weight is 280 g/mol. The number of hydrogen-bond acceptors (Lipinski definition) is 4. The number of hydrogen-bond donors (Lipinski definition) is 2. The molecule has 3 aromatic rings. The molecule has 0 radical (unpaired) electrons. The maximum atomic E-state index is 10.0. The Labute approximate surface area is 122 Å². The van der Waals surface area contributed by atoms with E-state index in [4.69, 9.17) is 5.73 Å². The Hall–Kier alpha value is -2.40. The normalized spacial score (nSPS) is 14.7. The third-order valence-electron chi connectivity index (χ3n) is 4.04. The minimum absolute atomic E-state index is 0.279. The van der Waals surface area contributed by atoms with Crippen LogP contribution in [0.5, 0.6) is 5.75 Å². The smallest absolute Gasteiger partial charge is 0.123 e. The second-order valence-corrected chi connectivity index (χ2v) is 5.46. The van der Waals surface area contributed by atoms with Gasteiger partial charge in [0.1, 0.15) is 11.4 Å². The number of nitrogens with two attached hydrogens (primary N) is 1. The van der Waals surface area contributed by atoms with Gasteiger partial charge in [-0.1, -0.05) is 29.5 Å². The van der Waals surface area contributed by atoms with Crippen LogP contribution in [0.2, 0.25) is 0 Å². The molecule has 2 aromatic carbocycles. The highest BCUT2D eigenvalue weighted by Gasteiger charge is 2.31. The van der Waals surface area contributed by atoms with Crippen LogP contribution in [-0.2, 0) is 6.54 Å². The van der Waals surface area contributed by atoms with Crippen LogP contribution in [-0.4, -0.2) is 20.1 Å². The van der Waals surface area contributed by atoms with Gasteiger partial charge in [-0.15, -0.1) is 5.10 Å². The van der Waals surface area contributed by atoms with Gasteiger partial charge in [-0.05, 0) is 25.0 Å². The molecule has 5 heteroatoms. The van der Waals surface area contributed by atoms with E-state index in [1.807, 2.05) is 35.0 Å². The molecule has 1 fully saturated rings. The van der Waals surface area contributed by atoms with Gasteiger partial charge in [0.05, 0.1) is 11.4 Å². The molecule has 21 heavy (non-hydrogen) atoms. The highest BCUT2D eigenvalue weighted by Crippen LogP contribution is 2.42. The van der Waals surface area contributed by atoms with Gasteiger partial charge in [0.25, 0.3) is 0 Å². The van der Waals surface area contributed by atoms with Gasteiger partial charge in [0.15, 0.2) is 0 Å². The number of benzene rings is 2. The van der Waals surface area contributed by atoms with Gasteiger partial charge in [-0.25, -0.2) is 4.68 Å². The molecule has 1 aromatic heterocycles. The van der Waals surface area contributed by atoms with Crippen LogP contribution in [0, 0.1) is 0 Å². The first-order chi connectivity index (χ1) is 10.3. The van der Waals surface area contributed by atoms with Crippen LogP contribution >= 0.6 is 0 Å². The predicted molar refractivity (Wildman–Crippen MR) is 80.4 cm³/mol. The molecule has 0 spiro atoms. The van der Waals surface area contributed by atoms with Crippen molar-refractivity contribution < 1.29 is 5.11 Å². The van der Waals surface area contributed by atoms with Crippen molar-refractivity contribution in [2.24, 2.45) is 5.73 Å². The minimum atomic E-state index is 0.279. The average Bonchev–Trinajstić information content (AvgIpc) is 3.26. The zero-order chi connectivity index (χ0) is 14.4. The van der Waals surface area contributed by atoms with Gasteiger partial charge in [-0.3, -0.25) is 0 Å². The van der Waals surface area contributed by atoms with E-state index < -0.39 is 0 Å². The van der Waals surface area contributed by atoms with Crippen LogP contribution in [0.3, 0.4) is 0 Å². The molecule has 1 heterocycles. The molecule has 0 amide bonds. The Morgan fingerprint density at radius 2 is 1.90 bits per heavy atom. The van der Waals surface area contributed by atoms with E-state index in [9.17, 15) is 5.11 Å². The zero-order valence-corrected chi connectivity index (χ0v) is 11.5. The maximum absolute atomic E-state index is 10.0. The Bertz CT molecular complexity index is 820. The highest BCUT2D eigenvalue weighted by molar-refractivity contribution is 5.94. The number of nitrogens with zero attached hydrogens (tertiary/aromatic N) is 3. The van der Waals surface area contributed by atoms with Gasteiger partial charge in [0.2, 0.25) is 0 Å². The van der Waals surface area contributed by atoms with Gasteiger partial charge < -0.3 is 10.8 Å². The summed E-state index contributed by atoms with van der Waals surface area (Å²) in [7, 11) is 0. The summed E-state index contributed by atoms with van der Waals surface area (Å²) in [6.45, 7) is 0.405. The Balaban J connectivity index is 1.99. The third kappa shape index (κ3) is 1.89. The van der Waals surface area contributed by atoms with Crippen LogP contribution in [0.1, 0.15) is 30.1 Å². The first-order valence-corrected chi connectivity index (χ1v) is 7.15. The van der Waals surface area contributed by atoms with Gasteiger partial charge in [-0.2, -0.15) is 0 Å². The molecule has 1 aliphatic rings. The van der Waals surface area contributed by atoms with Crippen molar-refractivity contribution >= 4 is 10.8 Å². The Morgan fingerprint density at radius 1 is 1.14 bits per heavy atom. The second kappa shape index (κ2) is 4.56. The Morgan fingerprint density at radius 3 is 2.67 bits per heavy atom. The van der Waals surface area contributed by atoms with Gasteiger partial charge >= 0.3 is 0 Å². The summed E-state index contributed by atoms with van der Waals surface area (Å²) >= 11 is 0. The molecule has 0 unspecified atom stereocenters. The fourth-order valence-corrected chi connectivity index (χ4v) is 2.87. The van der Waals surface area contributed by atoms with Crippen molar-refractivity contribution in [3.8, 4) is 11.4 Å². The lowest BCUT2D eigenvalue weighted by atomic mass is 10.1. The van der Waals surface area contributed by atoms with Crippen LogP contribution in [0.25, 0.3) is 16.5 Å². The SMILES string of the molecule is NCc1nnn(-c2cccc3c(O)cccc23)c1C1CC1. The lowest BCUT2D eigenvalue weighted by molar-refractivity contribution is 0.481. The summed E-state index contributed by atoms with van der Waals surface area (Å²) in [6.07, 6.45) is 2.33. The number of phenolic OH excluding ortho intramolecular Hbond substituents is 1. The summed E-state index contributed by atoms with van der Waals surface area (Å²) in [5, 5.41) is 20.3. The molecule has 1 saturated carbocycles. The van der Waals surface area contributed by atoms with E-state index >= 15 is 0 Å². The van der Waals surface area contributed by atoms with Crippen molar-refractivity contribution in [1.82, 2.24) is 15.0 Å². The number of fused-ring (bicyclic) bond motifs is 1. The lowest BCUT2D eigenvalue weighted by Crippen LogP contribution is -2.05. The molecule has 3 N–H and O–H groups in total. The topological polar surface area (TPSA) is 77.0 Å². The summed E-state index contributed by atoms with van der Waals surface area (Å²) in [5.41, 5.74) is 8.72. The standard InChI is InChI=1S/C16H16N4O/c17-9-13-16(10-7-8-10)20(19-18-13)14-5-1-4-12-11(14)3-2-6-15(12)21/h1-6,10,21H,7-9,17H2. The van der Waals surface area contributed by atoms with E-state index in [2.05, 4.69) is 10.3 Å². The van der Waals surface area contributed by atoms with Crippen molar-refractivity contribution in [2.75, 3.05) is 0 Å². The third-order valence-corrected chi connectivity index (χ3v) is 4.04. The summed E-state index contributed by atoms with van der Waals surface area (Å²) in [4.78, 5) is 0. The largest absolute Gasteiger partial charge is 0.507 e. The van der Waals surface area contributed by atoms with Crippen molar-refractivity contribution in [3.63, 3.8) is 0 Å². The number of phenols is 1. The van der Waals surface area contributed by atoms with E-state index in [-0.39, 0.29) is 5.75 Å². The second-order valence-electron chi connectivity index (χ2n) is 5.46. The summed E-state index contributed by atoms with van der Waals surface area (Å²) in [6, 6.07) is 11.4. The fraction of sp³-hybridized carbons (Fsp3) is 0.250. The summed E-state index contributed by atoms with van der Waals surface area (Å²) in [5.74, 6) is 0.785. The molecule has 0 aliphatic heterocycles. The molecule has 1 aliphatic carbocycles. The maximum Gasteiger partial charge on any atom is 0.123 e. The van der Waals surface area contributed by atoms with Crippen LogP contribution < -0.4 is 5.73 Å². The summed E-state index contributed by atoms with van der Waals surface area (Å²) < 4.78 is 1.89. The number of rotatable bonds is 3. The molecule has 4 rings (SSSR count). The first-order valence-electron chi connectivity index (χ1n) is 7.15. The van der Waals surface area contributed by atoms with Crippen LogP contribution in [0.4, 0.5) is 0 Å². The molecule has 106 valence electrons. The predicted octanol–water partition coefficient (Wildman–Crippen LogP) is 2.46. The van der Waals surface area contributed by atoms with Crippen LogP contribution in [0.15, 0.2) is 36.4 Å². The Kier molecular flexibility index (Phi) is 2.68. The lowest BCUT2D eigenvalue weighted by Gasteiger charge is -2.10. The van der Waals surface area contributed by atoms with Gasteiger partial charge in [0, 0.05) is 23.2 Å².